The summed E-state index contributed by atoms with van der Waals surface area (Å²) in [6, 6.07) is 11.3. The second-order valence-electron chi connectivity index (χ2n) is 6.94. The first-order chi connectivity index (χ1) is 14.4. The number of hydrogen-bond acceptors (Lipinski definition) is 4. The first-order valence-electron chi connectivity index (χ1n) is 9.23. The van der Waals surface area contributed by atoms with Gasteiger partial charge in [-0.25, -0.2) is 0 Å². The summed E-state index contributed by atoms with van der Waals surface area (Å²) in [4.78, 5) is 13.1. The van der Waals surface area contributed by atoms with E-state index in [4.69, 9.17) is 21.4 Å². The van der Waals surface area contributed by atoms with Crippen LogP contribution in [-0.4, -0.2) is 32.5 Å². The molecule has 0 aliphatic heterocycles. The van der Waals surface area contributed by atoms with E-state index in [1.807, 2.05) is 49.8 Å². The van der Waals surface area contributed by atoms with E-state index in [-0.39, 0.29) is 6.42 Å². The van der Waals surface area contributed by atoms with Crippen LogP contribution in [0.15, 0.2) is 58.6 Å². The number of hydrogen-bond donors (Lipinski definition) is 1. The third-order valence-corrected chi connectivity index (χ3v) is 6.35. The standard InChI is InChI=1S/C22H20ClN3O3S/c1-13-22(30-20-8-14(9-21(27)28)4-7-19(20)29-3)17-6-5-15(23)10-18(17)26(13)16-11-24-25(2)12-16/h4-8,10-12H,9H2,1-3H3,(H,27,28). The summed E-state index contributed by atoms with van der Waals surface area (Å²) in [6.07, 6.45) is 3.73. The number of carbonyl (C=O) groups is 1. The summed E-state index contributed by atoms with van der Waals surface area (Å²) >= 11 is 7.86. The van der Waals surface area contributed by atoms with E-state index in [9.17, 15) is 4.79 Å². The van der Waals surface area contributed by atoms with Crippen molar-refractivity contribution in [1.82, 2.24) is 14.3 Å². The van der Waals surface area contributed by atoms with Crippen molar-refractivity contribution in [2.75, 3.05) is 7.11 Å². The van der Waals surface area contributed by atoms with Crippen molar-refractivity contribution in [2.24, 2.45) is 7.05 Å². The molecule has 0 unspecified atom stereocenters. The molecule has 0 amide bonds. The predicted molar refractivity (Wildman–Crippen MR) is 118 cm³/mol. The molecule has 1 N–H and O–H groups in total. The Hall–Kier alpha value is -2.90. The number of ether oxygens (including phenoxy) is 1. The van der Waals surface area contributed by atoms with Crippen LogP contribution in [-0.2, 0) is 18.3 Å². The molecule has 0 saturated carbocycles. The second kappa shape index (κ2) is 8.08. The first-order valence-corrected chi connectivity index (χ1v) is 10.4. The van der Waals surface area contributed by atoms with Crippen LogP contribution in [0.5, 0.6) is 5.75 Å². The van der Waals surface area contributed by atoms with Gasteiger partial charge >= 0.3 is 5.97 Å². The zero-order valence-corrected chi connectivity index (χ0v) is 18.3. The number of carboxylic acid groups (broad SMARTS) is 1. The van der Waals surface area contributed by atoms with E-state index in [0.717, 1.165) is 37.6 Å². The smallest absolute Gasteiger partial charge is 0.307 e. The van der Waals surface area contributed by atoms with Gasteiger partial charge in [-0.1, -0.05) is 35.5 Å². The molecule has 2 aromatic carbocycles. The highest BCUT2D eigenvalue weighted by atomic mass is 35.5. The first kappa shape index (κ1) is 20.4. The van der Waals surface area contributed by atoms with Gasteiger partial charge in [-0.3, -0.25) is 9.48 Å². The monoisotopic (exact) mass is 441 g/mol. The Balaban J connectivity index is 1.88. The van der Waals surface area contributed by atoms with Gasteiger partial charge in [-0.15, -0.1) is 0 Å². The number of halogens is 1. The predicted octanol–water partition coefficient (Wildman–Crippen LogP) is 5.11. The third-order valence-electron chi connectivity index (χ3n) is 4.85. The summed E-state index contributed by atoms with van der Waals surface area (Å²) in [7, 11) is 3.49. The summed E-state index contributed by atoms with van der Waals surface area (Å²) in [5.41, 5.74) is 3.69. The highest BCUT2D eigenvalue weighted by Gasteiger charge is 2.19. The van der Waals surface area contributed by atoms with Crippen LogP contribution in [0.1, 0.15) is 11.3 Å². The topological polar surface area (TPSA) is 69.3 Å². The van der Waals surface area contributed by atoms with Gasteiger partial charge in [-0.05, 0) is 36.8 Å². The van der Waals surface area contributed by atoms with E-state index >= 15 is 0 Å². The maximum atomic E-state index is 11.2. The van der Waals surface area contributed by atoms with E-state index in [1.54, 1.807) is 29.6 Å². The fourth-order valence-corrected chi connectivity index (χ4v) is 4.91. The Morgan fingerprint density at radius 2 is 2.07 bits per heavy atom. The molecule has 154 valence electrons. The number of aromatic nitrogens is 3. The van der Waals surface area contributed by atoms with Crippen molar-refractivity contribution >= 4 is 40.2 Å². The van der Waals surface area contributed by atoms with Crippen molar-refractivity contribution in [3.63, 3.8) is 0 Å². The molecule has 2 heterocycles. The van der Waals surface area contributed by atoms with Gasteiger partial charge in [0, 0.05) is 34.2 Å². The molecule has 0 aliphatic rings. The Labute approximate surface area is 183 Å². The van der Waals surface area contributed by atoms with Crippen molar-refractivity contribution in [3.8, 4) is 11.4 Å². The van der Waals surface area contributed by atoms with Gasteiger partial charge < -0.3 is 14.4 Å². The molecule has 8 heteroatoms. The number of nitrogens with zero attached hydrogens (tertiary/aromatic N) is 3. The second-order valence-corrected chi connectivity index (χ2v) is 8.43. The number of methoxy groups -OCH3 is 1. The van der Waals surface area contributed by atoms with Gasteiger partial charge in [0.15, 0.2) is 0 Å². The van der Waals surface area contributed by atoms with E-state index in [2.05, 4.69) is 16.6 Å². The van der Waals surface area contributed by atoms with E-state index < -0.39 is 5.97 Å². The maximum absolute atomic E-state index is 11.2. The highest BCUT2D eigenvalue weighted by Crippen LogP contribution is 2.43. The number of benzene rings is 2. The number of carboxylic acids is 1. The van der Waals surface area contributed by atoms with Gasteiger partial charge in [0.2, 0.25) is 0 Å². The highest BCUT2D eigenvalue weighted by molar-refractivity contribution is 7.99. The van der Waals surface area contributed by atoms with E-state index in [1.165, 1.54) is 0 Å². The molecular formula is C22H20ClN3O3S. The number of rotatable bonds is 6. The van der Waals surface area contributed by atoms with Crippen molar-refractivity contribution in [1.29, 1.82) is 0 Å². The minimum absolute atomic E-state index is 0.0381. The fraction of sp³-hybridized carbons (Fsp3) is 0.182. The molecule has 4 rings (SSSR count). The molecule has 0 fully saturated rings. The average Bonchev–Trinajstić information content (AvgIpc) is 3.22. The molecule has 0 saturated heterocycles. The Bertz CT molecular complexity index is 1260. The van der Waals surface area contributed by atoms with Gasteiger partial charge in [0.25, 0.3) is 0 Å². The minimum atomic E-state index is -0.866. The largest absolute Gasteiger partial charge is 0.496 e. The number of aliphatic carboxylic acids is 1. The van der Waals surface area contributed by atoms with Crippen LogP contribution < -0.4 is 4.74 Å². The molecule has 4 aromatic rings. The average molecular weight is 442 g/mol. The SMILES string of the molecule is COc1ccc(CC(=O)O)cc1Sc1c(C)n(-c2cnn(C)c2)c2cc(Cl)ccc12. The Morgan fingerprint density at radius 3 is 2.73 bits per heavy atom. The Morgan fingerprint density at radius 1 is 1.27 bits per heavy atom. The van der Waals surface area contributed by atoms with Crippen LogP contribution in [0.2, 0.25) is 5.02 Å². The van der Waals surface area contributed by atoms with Crippen molar-refractivity contribution in [3.05, 3.63) is 65.1 Å². The van der Waals surface area contributed by atoms with E-state index in [0.29, 0.717) is 10.8 Å². The normalized spacial score (nSPS) is 11.2. The molecule has 2 aromatic heterocycles. The molecule has 0 radical (unpaired) electrons. The zero-order valence-electron chi connectivity index (χ0n) is 16.7. The maximum Gasteiger partial charge on any atom is 0.307 e. The minimum Gasteiger partial charge on any atom is -0.496 e. The fourth-order valence-electron chi connectivity index (χ4n) is 3.54. The zero-order chi connectivity index (χ0) is 21.4. The van der Waals surface area contributed by atoms with Crippen molar-refractivity contribution in [2.45, 2.75) is 23.1 Å². The van der Waals surface area contributed by atoms with Crippen LogP contribution in [0.4, 0.5) is 0 Å². The van der Waals surface area contributed by atoms with Crippen molar-refractivity contribution < 1.29 is 14.6 Å². The summed E-state index contributed by atoms with van der Waals surface area (Å²) in [6.45, 7) is 2.05. The lowest BCUT2D eigenvalue weighted by Gasteiger charge is -2.11. The van der Waals surface area contributed by atoms with Crippen LogP contribution in [0, 0.1) is 6.92 Å². The Kier molecular flexibility index (Phi) is 5.49. The van der Waals surface area contributed by atoms with Crippen LogP contribution in [0.25, 0.3) is 16.6 Å². The molecule has 30 heavy (non-hydrogen) atoms. The quantitative estimate of drug-likeness (QED) is 0.450. The van der Waals surface area contributed by atoms with Crippen LogP contribution >= 0.6 is 23.4 Å². The number of fused-ring (bicyclic) bond motifs is 1. The lowest BCUT2D eigenvalue weighted by Crippen LogP contribution is -2.00. The third kappa shape index (κ3) is 3.78. The van der Waals surface area contributed by atoms with Gasteiger partial charge in [0.05, 0.1) is 35.8 Å². The summed E-state index contributed by atoms with van der Waals surface area (Å²) < 4.78 is 9.42. The molecule has 0 spiro atoms. The summed E-state index contributed by atoms with van der Waals surface area (Å²) in [5.74, 6) is -0.167. The molecule has 0 aliphatic carbocycles. The van der Waals surface area contributed by atoms with Gasteiger partial charge in [0.1, 0.15) is 5.75 Å². The molecule has 6 nitrogen and oxygen atoms in total. The molecule has 0 atom stereocenters. The van der Waals surface area contributed by atoms with Gasteiger partial charge in [-0.2, -0.15) is 5.10 Å². The summed E-state index contributed by atoms with van der Waals surface area (Å²) in [5, 5.41) is 15.2. The number of aryl methyl sites for hydroxylation is 1. The van der Waals surface area contributed by atoms with Crippen LogP contribution in [0.3, 0.4) is 0 Å². The lowest BCUT2D eigenvalue weighted by atomic mass is 10.1. The lowest BCUT2D eigenvalue weighted by molar-refractivity contribution is -0.136. The molecular weight excluding hydrogens is 422 g/mol. The molecule has 0 bridgehead atoms.